The number of aryl methyl sites for hydroxylation is 1. The minimum absolute atomic E-state index is 0.0159. The molecule has 1 rings (SSSR count). The Balaban J connectivity index is 2.52. The summed E-state index contributed by atoms with van der Waals surface area (Å²) >= 11 is 0. The van der Waals surface area contributed by atoms with E-state index in [9.17, 15) is 14.9 Å². The van der Waals surface area contributed by atoms with Gasteiger partial charge in [-0.1, -0.05) is 13.8 Å². The smallest absolute Gasteiger partial charge is 0.320 e. The summed E-state index contributed by atoms with van der Waals surface area (Å²) in [6.07, 6.45) is 1.89. The van der Waals surface area contributed by atoms with Crippen molar-refractivity contribution in [3.63, 3.8) is 0 Å². The number of hydrogen-bond donors (Lipinski definition) is 1. The topological polar surface area (TPSA) is 93.3 Å². The molecule has 0 fully saturated rings. The van der Waals surface area contributed by atoms with Gasteiger partial charge in [-0.15, -0.1) is 0 Å². The molecule has 1 heterocycles. The van der Waals surface area contributed by atoms with Crippen molar-refractivity contribution in [3.8, 4) is 0 Å². The molecule has 0 aromatic carbocycles. The highest BCUT2D eigenvalue weighted by molar-refractivity contribution is 5.96. The lowest BCUT2D eigenvalue weighted by atomic mass is 10.3. The molecule has 0 saturated heterocycles. The van der Waals surface area contributed by atoms with Crippen LogP contribution in [-0.2, 0) is 7.05 Å². The van der Waals surface area contributed by atoms with Crippen LogP contribution in [0.4, 0.5) is 5.69 Å². The zero-order chi connectivity index (χ0) is 15.1. The fourth-order valence-corrected chi connectivity index (χ4v) is 1.95. The van der Waals surface area contributed by atoms with Crippen molar-refractivity contribution in [2.45, 2.75) is 20.3 Å². The number of carbonyl (C=O) groups excluding carboxylic acids is 1. The van der Waals surface area contributed by atoms with E-state index in [1.165, 1.54) is 11.7 Å². The highest BCUT2D eigenvalue weighted by Crippen LogP contribution is 2.16. The summed E-state index contributed by atoms with van der Waals surface area (Å²) in [6, 6.07) is 0. The van der Waals surface area contributed by atoms with Crippen LogP contribution >= 0.6 is 0 Å². The van der Waals surface area contributed by atoms with Crippen molar-refractivity contribution >= 4 is 11.6 Å². The van der Waals surface area contributed by atoms with Crippen LogP contribution in [0.5, 0.6) is 0 Å². The van der Waals surface area contributed by atoms with Crippen LogP contribution in [0.15, 0.2) is 6.20 Å². The molecule has 1 aromatic rings. The number of aromatic nitrogens is 2. The molecular weight excluding hydrogens is 262 g/mol. The maximum atomic E-state index is 11.9. The van der Waals surface area contributed by atoms with Crippen molar-refractivity contribution in [2.75, 3.05) is 26.2 Å². The first-order valence-corrected chi connectivity index (χ1v) is 6.68. The van der Waals surface area contributed by atoms with E-state index < -0.39 is 10.8 Å². The van der Waals surface area contributed by atoms with Crippen LogP contribution in [0.25, 0.3) is 0 Å². The summed E-state index contributed by atoms with van der Waals surface area (Å²) in [5, 5.41) is 17.2. The fraction of sp³-hybridized carbons (Fsp3) is 0.667. The maximum Gasteiger partial charge on any atom is 0.320 e. The minimum atomic E-state index is -0.599. The van der Waals surface area contributed by atoms with Crippen molar-refractivity contribution in [1.82, 2.24) is 20.0 Å². The minimum Gasteiger partial charge on any atom is -0.350 e. The Morgan fingerprint density at radius 2 is 2.15 bits per heavy atom. The Hall–Kier alpha value is -1.96. The van der Waals surface area contributed by atoms with Crippen LogP contribution in [0.2, 0.25) is 0 Å². The standard InChI is InChI=1S/C12H21N5O3/c1-4-16(5-2)8-6-7-13-12(18)11-10(17(19)20)9-14-15(11)3/h9H,4-8H2,1-3H3,(H,13,18). The van der Waals surface area contributed by atoms with Gasteiger partial charge < -0.3 is 10.2 Å². The monoisotopic (exact) mass is 283 g/mol. The van der Waals surface area contributed by atoms with Gasteiger partial charge in [-0.2, -0.15) is 5.10 Å². The molecule has 0 aliphatic rings. The van der Waals surface area contributed by atoms with Gasteiger partial charge in [-0.3, -0.25) is 19.6 Å². The molecule has 1 aromatic heterocycles. The summed E-state index contributed by atoms with van der Waals surface area (Å²) in [6.45, 7) is 7.48. The first kappa shape index (κ1) is 16.1. The predicted octanol–water partition coefficient (Wildman–Crippen LogP) is 0.790. The van der Waals surface area contributed by atoms with E-state index in [2.05, 4.69) is 29.2 Å². The number of carbonyl (C=O) groups is 1. The van der Waals surface area contributed by atoms with Crippen LogP contribution in [0, 0.1) is 10.1 Å². The van der Waals surface area contributed by atoms with Gasteiger partial charge in [0.25, 0.3) is 5.91 Å². The van der Waals surface area contributed by atoms with Crippen molar-refractivity contribution in [2.24, 2.45) is 7.05 Å². The number of nitro groups is 1. The molecule has 1 N–H and O–H groups in total. The fourth-order valence-electron chi connectivity index (χ4n) is 1.95. The normalized spacial score (nSPS) is 10.8. The molecule has 0 saturated carbocycles. The van der Waals surface area contributed by atoms with Gasteiger partial charge in [-0.05, 0) is 26.1 Å². The van der Waals surface area contributed by atoms with Crippen LogP contribution in [0.3, 0.4) is 0 Å². The van der Waals surface area contributed by atoms with E-state index >= 15 is 0 Å². The zero-order valence-electron chi connectivity index (χ0n) is 12.1. The summed E-state index contributed by atoms with van der Waals surface area (Å²) in [5.74, 6) is -0.462. The second-order valence-corrected chi connectivity index (χ2v) is 4.40. The summed E-state index contributed by atoms with van der Waals surface area (Å²) in [5.41, 5.74) is -0.286. The molecule has 0 bridgehead atoms. The van der Waals surface area contributed by atoms with Gasteiger partial charge in [0.05, 0.1) is 4.92 Å². The predicted molar refractivity (Wildman–Crippen MR) is 74.6 cm³/mol. The van der Waals surface area contributed by atoms with Gasteiger partial charge in [0.2, 0.25) is 5.69 Å². The van der Waals surface area contributed by atoms with E-state index in [-0.39, 0.29) is 11.4 Å². The molecule has 8 heteroatoms. The van der Waals surface area contributed by atoms with Crippen molar-refractivity contribution < 1.29 is 9.72 Å². The third-order valence-corrected chi connectivity index (χ3v) is 3.16. The Morgan fingerprint density at radius 1 is 1.50 bits per heavy atom. The second kappa shape index (κ2) is 7.59. The van der Waals surface area contributed by atoms with Gasteiger partial charge in [0.15, 0.2) is 0 Å². The van der Waals surface area contributed by atoms with Gasteiger partial charge in [0.1, 0.15) is 6.20 Å². The third-order valence-electron chi connectivity index (χ3n) is 3.16. The number of nitrogens with one attached hydrogen (secondary N) is 1. The molecule has 0 aliphatic heterocycles. The summed E-state index contributed by atoms with van der Waals surface area (Å²) < 4.78 is 1.22. The molecule has 20 heavy (non-hydrogen) atoms. The highest BCUT2D eigenvalue weighted by Gasteiger charge is 2.24. The Labute approximate surface area is 117 Å². The second-order valence-electron chi connectivity index (χ2n) is 4.40. The lowest BCUT2D eigenvalue weighted by Crippen LogP contribution is -2.31. The molecule has 0 radical (unpaired) electrons. The Kier molecular flexibility index (Phi) is 6.10. The van der Waals surface area contributed by atoms with E-state index in [1.807, 2.05) is 0 Å². The van der Waals surface area contributed by atoms with Gasteiger partial charge in [-0.25, -0.2) is 0 Å². The zero-order valence-corrected chi connectivity index (χ0v) is 12.1. The Morgan fingerprint density at radius 3 is 2.70 bits per heavy atom. The third kappa shape index (κ3) is 4.02. The summed E-state index contributed by atoms with van der Waals surface area (Å²) in [4.78, 5) is 24.4. The van der Waals surface area contributed by atoms with Crippen molar-refractivity contribution in [3.05, 3.63) is 22.0 Å². The summed E-state index contributed by atoms with van der Waals surface area (Å²) in [7, 11) is 1.51. The van der Waals surface area contributed by atoms with E-state index in [4.69, 9.17) is 0 Å². The van der Waals surface area contributed by atoms with Gasteiger partial charge in [0, 0.05) is 13.6 Å². The van der Waals surface area contributed by atoms with E-state index in [0.29, 0.717) is 6.54 Å². The Bertz CT molecular complexity index is 468. The number of nitrogens with zero attached hydrogens (tertiary/aromatic N) is 4. The largest absolute Gasteiger partial charge is 0.350 e. The maximum absolute atomic E-state index is 11.9. The van der Waals surface area contributed by atoms with Crippen LogP contribution in [0.1, 0.15) is 30.8 Å². The quantitative estimate of drug-likeness (QED) is 0.432. The van der Waals surface area contributed by atoms with E-state index in [0.717, 1.165) is 32.3 Å². The molecule has 0 spiro atoms. The molecule has 0 atom stereocenters. The average molecular weight is 283 g/mol. The first-order valence-electron chi connectivity index (χ1n) is 6.68. The molecule has 0 unspecified atom stereocenters. The highest BCUT2D eigenvalue weighted by atomic mass is 16.6. The van der Waals surface area contributed by atoms with Crippen molar-refractivity contribution in [1.29, 1.82) is 0 Å². The molecule has 1 amide bonds. The number of hydrogen-bond acceptors (Lipinski definition) is 5. The number of amides is 1. The SMILES string of the molecule is CCN(CC)CCCNC(=O)c1c([N+](=O)[O-])cnn1C. The number of rotatable bonds is 8. The van der Waals surface area contributed by atoms with Gasteiger partial charge >= 0.3 is 5.69 Å². The molecule has 112 valence electrons. The molecule has 0 aliphatic carbocycles. The van der Waals surface area contributed by atoms with E-state index in [1.54, 1.807) is 0 Å². The van der Waals surface area contributed by atoms with Crippen LogP contribution < -0.4 is 5.32 Å². The molecular formula is C12H21N5O3. The lowest BCUT2D eigenvalue weighted by Gasteiger charge is -2.17. The first-order chi connectivity index (χ1) is 9.51. The average Bonchev–Trinajstić information content (AvgIpc) is 2.81. The molecule has 8 nitrogen and oxygen atoms in total. The van der Waals surface area contributed by atoms with Crippen LogP contribution in [-0.4, -0.2) is 51.7 Å². The lowest BCUT2D eigenvalue weighted by molar-refractivity contribution is -0.385.